The summed E-state index contributed by atoms with van der Waals surface area (Å²) < 4.78 is 5.32. The van der Waals surface area contributed by atoms with Gasteiger partial charge in [0.15, 0.2) is 0 Å². The van der Waals surface area contributed by atoms with E-state index in [1.54, 1.807) is 24.7 Å². The van der Waals surface area contributed by atoms with Crippen molar-refractivity contribution in [3.05, 3.63) is 36.8 Å². The zero-order valence-electron chi connectivity index (χ0n) is 13.8. The van der Waals surface area contributed by atoms with E-state index in [-0.39, 0.29) is 6.03 Å². The number of urea groups is 1. The number of ether oxygens (including phenoxy) is 1. The van der Waals surface area contributed by atoms with Gasteiger partial charge in [-0.2, -0.15) is 0 Å². The van der Waals surface area contributed by atoms with E-state index in [1.165, 1.54) is 0 Å². The summed E-state index contributed by atoms with van der Waals surface area (Å²) in [7, 11) is 0. The number of morpholine rings is 1. The molecule has 3 heterocycles. The molecule has 0 aromatic carbocycles. The molecule has 0 saturated carbocycles. The number of aromatic nitrogens is 3. The Kier molecular flexibility index (Phi) is 5.94. The Morgan fingerprint density at radius 3 is 2.64 bits per heavy atom. The van der Waals surface area contributed by atoms with Gasteiger partial charge in [-0.25, -0.2) is 19.7 Å². The summed E-state index contributed by atoms with van der Waals surface area (Å²) >= 11 is 0. The van der Waals surface area contributed by atoms with Gasteiger partial charge < -0.3 is 25.6 Å². The Bertz CT molecular complexity index is 660. The number of anilines is 3. The quantitative estimate of drug-likeness (QED) is 0.671. The summed E-state index contributed by atoms with van der Waals surface area (Å²) in [6, 6.07) is 5.20. The lowest BCUT2D eigenvalue weighted by molar-refractivity contribution is 0.122. The first-order valence-electron chi connectivity index (χ1n) is 8.16. The molecule has 0 aliphatic carbocycles. The Morgan fingerprint density at radius 1 is 1.12 bits per heavy atom. The molecule has 0 spiro atoms. The van der Waals surface area contributed by atoms with Crippen LogP contribution in [0.15, 0.2) is 36.8 Å². The van der Waals surface area contributed by atoms with Crippen molar-refractivity contribution in [3.63, 3.8) is 0 Å². The molecular weight excluding hydrogens is 322 g/mol. The maximum Gasteiger partial charge on any atom is 0.319 e. The fourth-order valence-corrected chi connectivity index (χ4v) is 2.36. The van der Waals surface area contributed by atoms with Gasteiger partial charge in [0.05, 0.1) is 25.1 Å². The minimum absolute atomic E-state index is 0.281. The third-order valence-corrected chi connectivity index (χ3v) is 3.60. The normalized spacial score (nSPS) is 14.0. The van der Waals surface area contributed by atoms with Gasteiger partial charge in [-0.05, 0) is 18.2 Å². The lowest BCUT2D eigenvalue weighted by Crippen LogP contribution is -2.36. The summed E-state index contributed by atoms with van der Waals surface area (Å²) in [4.78, 5) is 26.5. The van der Waals surface area contributed by atoms with E-state index < -0.39 is 0 Å². The van der Waals surface area contributed by atoms with Crippen LogP contribution in [0.5, 0.6) is 0 Å². The smallest absolute Gasteiger partial charge is 0.319 e. The van der Waals surface area contributed by atoms with Crippen molar-refractivity contribution < 1.29 is 9.53 Å². The molecule has 0 radical (unpaired) electrons. The molecule has 1 aliphatic heterocycles. The number of amides is 2. The van der Waals surface area contributed by atoms with Crippen molar-refractivity contribution >= 4 is 23.5 Å². The van der Waals surface area contributed by atoms with E-state index in [0.29, 0.717) is 37.9 Å². The zero-order valence-corrected chi connectivity index (χ0v) is 13.8. The van der Waals surface area contributed by atoms with E-state index in [4.69, 9.17) is 4.74 Å². The highest BCUT2D eigenvalue weighted by molar-refractivity contribution is 5.89. The van der Waals surface area contributed by atoms with Crippen LogP contribution in [-0.2, 0) is 4.74 Å². The Morgan fingerprint density at radius 2 is 1.92 bits per heavy atom. The molecule has 0 bridgehead atoms. The van der Waals surface area contributed by atoms with Crippen molar-refractivity contribution in [2.45, 2.75) is 0 Å². The third-order valence-electron chi connectivity index (χ3n) is 3.60. The van der Waals surface area contributed by atoms with Gasteiger partial charge in [0.1, 0.15) is 5.82 Å². The van der Waals surface area contributed by atoms with Gasteiger partial charge in [-0.1, -0.05) is 0 Å². The van der Waals surface area contributed by atoms with Crippen LogP contribution in [0.4, 0.5) is 22.2 Å². The molecule has 0 unspecified atom stereocenters. The highest BCUT2D eigenvalue weighted by Crippen LogP contribution is 2.15. The number of pyridine rings is 1. The van der Waals surface area contributed by atoms with Crippen LogP contribution in [0.3, 0.4) is 0 Å². The van der Waals surface area contributed by atoms with E-state index in [1.807, 2.05) is 12.1 Å². The molecule has 9 nitrogen and oxygen atoms in total. The number of nitrogens with one attached hydrogen (secondary N) is 3. The summed E-state index contributed by atoms with van der Waals surface area (Å²) in [5, 5.41) is 8.53. The number of hydrogen-bond acceptors (Lipinski definition) is 7. The maximum absolute atomic E-state index is 11.9. The predicted octanol–water partition coefficient (Wildman–Crippen LogP) is 0.942. The molecule has 2 aromatic rings. The van der Waals surface area contributed by atoms with Crippen LogP contribution in [-0.4, -0.2) is 60.4 Å². The number of nitrogens with zero attached hydrogens (tertiary/aromatic N) is 4. The Balaban J connectivity index is 1.38. The average molecular weight is 343 g/mol. The van der Waals surface area contributed by atoms with Crippen molar-refractivity contribution in [1.82, 2.24) is 20.3 Å². The lowest BCUT2D eigenvalue weighted by atomic mass is 10.3. The third kappa shape index (κ3) is 5.28. The topological polar surface area (TPSA) is 104 Å². The second-order valence-corrected chi connectivity index (χ2v) is 5.38. The van der Waals surface area contributed by atoms with Gasteiger partial charge in [0.2, 0.25) is 5.95 Å². The van der Waals surface area contributed by atoms with E-state index in [0.717, 1.165) is 18.9 Å². The molecule has 0 atom stereocenters. The number of carbonyl (C=O) groups is 1. The summed E-state index contributed by atoms with van der Waals surface area (Å²) in [6.45, 7) is 4.07. The molecule has 2 amide bonds. The monoisotopic (exact) mass is 343 g/mol. The molecule has 9 heteroatoms. The van der Waals surface area contributed by atoms with Crippen molar-refractivity contribution in [2.75, 3.05) is 54.9 Å². The number of carbonyl (C=O) groups excluding carboxylic acids is 1. The number of hydrogen-bond donors (Lipinski definition) is 3. The van der Waals surface area contributed by atoms with Gasteiger partial charge in [-0.3, -0.25) is 0 Å². The molecule has 1 aliphatic rings. The lowest BCUT2D eigenvalue weighted by Gasteiger charge is -2.27. The summed E-state index contributed by atoms with van der Waals surface area (Å²) in [6.07, 6.45) is 4.96. The standard InChI is InChI=1S/C16H21N7O2/c24-16(20-7-6-19-15-17-4-1-5-18-15)22-13-2-3-14(21-12-13)23-8-10-25-11-9-23/h1-5,12H,6-11H2,(H,17,18,19)(H2,20,22,24). The largest absolute Gasteiger partial charge is 0.378 e. The van der Waals surface area contributed by atoms with Crippen LogP contribution >= 0.6 is 0 Å². The first-order valence-corrected chi connectivity index (χ1v) is 8.16. The van der Waals surface area contributed by atoms with Gasteiger partial charge in [-0.15, -0.1) is 0 Å². The molecule has 3 rings (SSSR count). The van der Waals surface area contributed by atoms with Gasteiger partial charge in [0.25, 0.3) is 0 Å². The van der Waals surface area contributed by atoms with Crippen LogP contribution in [0.1, 0.15) is 0 Å². The first-order chi connectivity index (χ1) is 12.3. The number of rotatable bonds is 6. The van der Waals surface area contributed by atoms with Gasteiger partial charge in [0, 0.05) is 38.6 Å². The predicted molar refractivity (Wildman–Crippen MR) is 94.8 cm³/mol. The van der Waals surface area contributed by atoms with Crippen molar-refractivity contribution in [1.29, 1.82) is 0 Å². The van der Waals surface area contributed by atoms with Crippen LogP contribution in [0.25, 0.3) is 0 Å². The average Bonchev–Trinajstić information content (AvgIpc) is 2.67. The molecule has 3 N–H and O–H groups in total. The van der Waals surface area contributed by atoms with E-state index in [2.05, 4.69) is 35.8 Å². The first kappa shape index (κ1) is 16.9. The highest BCUT2D eigenvalue weighted by Gasteiger charge is 2.12. The minimum atomic E-state index is -0.281. The molecule has 2 aromatic heterocycles. The summed E-state index contributed by atoms with van der Waals surface area (Å²) in [5.41, 5.74) is 0.647. The molecule has 1 fully saturated rings. The van der Waals surface area contributed by atoms with Crippen molar-refractivity contribution in [2.24, 2.45) is 0 Å². The Labute approximate surface area is 145 Å². The molecule has 25 heavy (non-hydrogen) atoms. The van der Waals surface area contributed by atoms with Gasteiger partial charge >= 0.3 is 6.03 Å². The minimum Gasteiger partial charge on any atom is -0.378 e. The fraction of sp³-hybridized carbons (Fsp3) is 0.375. The highest BCUT2D eigenvalue weighted by atomic mass is 16.5. The van der Waals surface area contributed by atoms with Crippen LogP contribution < -0.4 is 20.9 Å². The SMILES string of the molecule is O=C(NCCNc1ncccn1)Nc1ccc(N2CCOCC2)nc1. The van der Waals surface area contributed by atoms with Crippen LogP contribution in [0.2, 0.25) is 0 Å². The molecular formula is C16H21N7O2. The van der Waals surface area contributed by atoms with Crippen LogP contribution in [0, 0.1) is 0 Å². The molecule has 1 saturated heterocycles. The van der Waals surface area contributed by atoms with Crippen molar-refractivity contribution in [3.8, 4) is 0 Å². The Hall–Kier alpha value is -2.94. The zero-order chi connectivity index (χ0) is 17.3. The summed E-state index contributed by atoms with van der Waals surface area (Å²) in [5.74, 6) is 1.42. The van der Waals surface area contributed by atoms with E-state index in [9.17, 15) is 4.79 Å². The van der Waals surface area contributed by atoms with E-state index >= 15 is 0 Å². The fourth-order valence-electron chi connectivity index (χ4n) is 2.36. The molecule has 132 valence electrons. The maximum atomic E-state index is 11.9. The second kappa shape index (κ2) is 8.78. The second-order valence-electron chi connectivity index (χ2n) is 5.38.